The van der Waals surface area contributed by atoms with Crippen LogP contribution in [0.2, 0.25) is 0 Å². The van der Waals surface area contributed by atoms with E-state index in [1.165, 1.54) is 4.88 Å². The first kappa shape index (κ1) is 23.0. The van der Waals surface area contributed by atoms with Crippen molar-refractivity contribution < 1.29 is 9.53 Å². The molecule has 2 saturated heterocycles. The van der Waals surface area contributed by atoms with Gasteiger partial charge in [-0.3, -0.25) is 9.80 Å². The lowest BCUT2D eigenvalue weighted by molar-refractivity contribution is -0.109. The number of carbonyl (C=O) groups excluding carboxylic acids is 1. The first-order valence-corrected chi connectivity index (χ1v) is 12.3. The molecule has 0 unspecified atom stereocenters. The zero-order valence-corrected chi connectivity index (χ0v) is 19.8. The normalized spacial score (nSPS) is 18.9. The molecule has 11 nitrogen and oxygen atoms in total. The Balaban J connectivity index is 1.39. The molecule has 5 rings (SSSR count). The summed E-state index contributed by atoms with van der Waals surface area (Å²) < 4.78 is 6.64. The third-order valence-corrected chi connectivity index (χ3v) is 7.24. The topological polar surface area (TPSA) is 140 Å². The van der Waals surface area contributed by atoms with E-state index < -0.39 is 6.04 Å². The molecular formula is C22H29N9O2S. The van der Waals surface area contributed by atoms with Gasteiger partial charge in [-0.15, -0.1) is 11.3 Å². The highest BCUT2D eigenvalue weighted by atomic mass is 32.1. The van der Waals surface area contributed by atoms with Gasteiger partial charge in [0.25, 0.3) is 0 Å². The lowest BCUT2D eigenvalue weighted by Gasteiger charge is -2.34. The fourth-order valence-electron chi connectivity index (χ4n) is 4.31. The minimum atomic E-state index is -0.410. The van der Waals surface area contributed by atoms with Crippen LogP contribution in [0.25, 0.3) is 21.6 Å². The van der Waals surface area contributed by atoms with Gasteiger partial charge in [-0.25, -0.2) is 19.9 Å². The van der Waals surface area contributed by atoms with E-state index in [4.69, 9.17) is 26.2 Å². The van der Waals surface area contributed by atoms with Gasteiger partial charge < -0.3 is 25.9 Å². The van der Waals surface area contributed by atoms with Gasteiger partial charge in [0.05, 0.1) is 35.0 Å². The number of hydrogen-bond acceptors (Lipinski definition) is 12. The molecule has 2 aliphatic heterocycles. The van der Waals surface area contributed by atoms with Gasteiger partial charge in [0.2, 0.25) is 5.95 Å². The van der Waals surface area contributed by atoms with E-state index >= 15 is 0 Å². The number of morpholine rings is 1. The van der Waals surface area contributed by atoms with Crippen molar-refractivity contribution in [2.45, 2.75) is 12.6 Å². The lowest BCUT2D eigenvalue weighted by Crippen LogP contribution is -2.49. The number of rotatable bonds is 7. The van der Waals surface area contributed by atoms with Crippen molar-refractivity contribution in [2.24, 2.45) is 5.73 Å². The molecule has 180 valence electrons. The molecule has 4 N–H and O–H groups in total. The molecule has 2 aliphatic rings. The van der Waals surface area contributed by atoms with Gasteiger partial charge in [0.1, 0.15) is 6.29 Å². The summed E-state index contributed by atoms with van der Waals surface area (Å²) in [5.74, 6) is 1.76. The molecule has 1 atom stereocenters. The first-order valence-electron chi connectivity index (χ1n) is 11.5. The van der Waals surface area contributed by atoms with E-state index in [1.807, 2.05) is 0 Å². The molecule has 0 amide bonds. The third-order valence-electron chi connectivity index (χ3n) is 6.13. The number of hydrogen-bond donors (Lipinski definition) is 2. The van der Waals surface area contributed by atoms with E-state index in [0.717, 1.165) is 73.7 Å². The second-order valence-corrected chi connectivity index (χ2v) is 9.74. The van der Waals surface area contributed by atoms with Crippen molar-refractivity contribution in [1.82, 2.24) is 29.7 Å². The highest BCUT2D eigenvalue weighted by Crippen LogP contribution is 2.35. The number of carbonyl (C=O) groups is 1. The van der Waals surface area contributed by atoms with Gasteiger partial charge in [-0.2, -0.15) is 0 Å². The van der Waals surface area contributed by atoms with Crippen molar-refractivity contribution in [3.8, 4) is 11.4 Å². The van der Waals surface area contributed by atoms with Crippen LogP contribution in [0.1, 0.15) is 4.88 Å². The van der Waals surface area contributed by atoms with Crippen LogP contribution in [0.5, 0.6) is 0 Å². The summed E-state index contributed by atoms with van der Waals surface area (Å²) in [5, 5.41) is 0. The quantitative estimate of drug-likeness (QED) is 0.446. The first-order chi connectivity index (χ1) is 16.6. The molecule has 0 saturated carbocycles. The van der Waals surface area contributed by atoms with Crippen molar-refractivity contribution in [3.05, 3.63) is 23.3 Å². The molecule has 0 aromatic carbocycles. The number of fused-ring (bicyclic) bond motifs is 1. The summed E-state index contributed by atoms with van der Waals surface area (Å²) in [5.41, 5.74) is 13.1. The van der Waals surface area contributed by atoms with E-state index in [1.54, 1.807) is 23.7 Å². The highest BCUT2D eigenvalue weighted by Gasteiger charge is 2.23. The Hall–Kier alpha value is -2.77. The second-order valence-electron chi connectivity index (χ2n) is 8.60. The molecular weight excluding hydrogens is 454 g/mol. The monoisotopic (exact) mass is 483 g/mol. The maximum Gasteiger partial charge on any atom is 0.219 e. The Kier molecular flexibility index (Phi) is 6.92. The minimum absolute atomic E-state index is 0.226. The number of nitrogen functional groups attached to an aromatic ring is 1. The molecule has 12 heteroatoms. The Morgan fingerprint density at radius 1 is 1.06 bits per heavy atom. The average Bonchev–Trinajstić information content (AvgIpc) is 3.28. The highest BCUT2D eigenvalue weighted by molar-refractivity contribution is 7.19. The van der Waals surface area contributed by atoms with E-state index in [2.05, 4.69) is 30.7 Å². The van der Waals surface area contributed by atoms with E-state index in [0.29, 0.717) is 25.6 Å². The zero-order valence-electron chi connectivity index (χ0n) is 19.0. The summed E-state index contributed by atoms with van der Waals surface area (Å²) in [6.45, 7) is 8.13. The SMILES string of the molecule is Nc1ncc(-c2nc(N3CCOCC3)c3sc(CN4CCN(C[C@H](N)C=O)CC4)cc3n2)cn1. The Labute approximate surface area is 201 Å². The number of aldehydes is 1. The lowest BCUT2D eigenvalue weighted by atomic mass is 10.2. The van der Waals surface area contributed by atoms with Gasteiger partial charge in [-0.05, 0) is 6.07 Å². The molecule has 5 heterocycles. The largest absolute Gasteiger partial charge is 0.378 e. The molecule has 0 bridgehead atoms. The molecule has 0 aliphatic carbocycles. The number of anilines is 2. The summed E-state index contributed by atoms with van der Waals surface area (Å²) in [6, 6.07) is 1.76. The van der Waals surface area contributed by atoms with Crippen molar-refractivity contribution in [1.29, 1.82) is 0 Å². The standard InChI is InChI=1S/C22H29N9O2S/c23-16(14-32)12-29-1-3-30(4-2-29)13-17-9-18-19(34-17)21(31-5-7-33-8-6-31)28-20(27-18)15-10-25-22(24)26-11-15/h9-11,14,16H,1-8,12-13,23H2,(H2,24,25,26)/t16-/m0/s1. The summed E-state index contributed by atoms with van der Waals surface area (Å²) >= 11 is 1.75. The van der Waals surface area contributed by atoms with Crippen LogP contribution < -0.4 is 16.4 Å². The van der Waals surface area contributed by atoms with Crippen molar-refractivity contribution in [3.63, 3.8) is 0 Å². The Morgan fingerprint density at radius 2 is 1.76 bits per heavy atom. The van der Waals surface area contributed by atoms with Crippen LogP contribution in [-0.2, 0) is 16.1 Å². The van der Waals surface area contributed by atoms with Gasteiger partial charge >= 0.3 is 0 Å². The molecule has 34 heavy (non-hydrogen) atoms. The maximum atomic E-state index is 10.8. The van der Waals surface area contributed by atoms with Crippen LogP contribution in [0.15, 0.2) is 18.5 Å². The number of thiophene rings is 1. The molecule has 3 aromatic heterocycles. The second kappa shape index (κ2) is 10.2. The maximum absolute atomic E-state index is 10.8. The molecule has 3 aromatic rings. The average molecular weight is 484 g/mol. The molecule has 0 radical (unpaired) electrons. The summed E-state index contributed by atoms with van der Waals surface area (Å²) in [4.78, 5) is 37.0. The number of nitrogens with two attached hydrogens (primary N) is 2. The fraction of sp³-hybridized carbons (Fsp3) is 0.500. The Bertz CT molecular complexity index is 1130. The van der Waals surface area contributed by atoms with Crippen LogP contribution >= 0.6 is 11.3 Å². The van der Waals surface area contributed by atoms with Crippen LogP contribution in [0, 0.1) is 0 Å². The Morgan fingerprint density at radius 3 is 2.47 bits per heavy atom. The number of nitrogens with zero attached hydrogens (tertiary/aromatic N) is 7. The van der Waals surface area contributed by atoms with Crippen LogP contribution in [0.4, 0.5) is 11.8 Å². The number of aromatic nitrogens is 4. The van der Waals surface area contributed by atoms with Crippen LogP contribution in [0.3, 0.4) is 0 Å². The van der Waals surface area contributed by atoms with Gasteiger partial charge in [-0.1, -0.05) is 0 Å². The summed E-state index contributed by atoms with van der Waals surface area (Å²) in [7, 11) is 0. The molecule has 2 fully saturated rings. The van der Waals surface area contributed by atoms with Crippen molar-refractivity contribution >= 4 is 39.6 Å². The van der Waals surface area contributed by atoms with Crippen molar-refractivity contribution in [2.75, 3.05) is 69.7 Å². The minimum Gasteiger partial charge on any atom is -0.378 e. The molecule has 0 spiro atoms. The van der Waals surface area contributed by atoms with E-state index in [-0.39, 0.29) is 5.95 Å². The zero-order chi connectivity index (χ0) is 23.5. The smallest absolute Gasteiger partial charge is 0.219 e. The third kappa shape index (κ3) is 5.15. The van der Waals surface area contributed by atoms with E-state index in [9.17, 15) is 4.79 Å². The summed E-state index contributed by atoms with van der Waals surface area (Å²) in [6.07, 6.45) is 4.15. The van der Waals surface area contributed by atoms with Gasteiger partial charge in [0, 0.05) is 69.6 Å². The fourth-order valence-corrected chi connectivity index (χ4v) is 5.46. The number of piperazine rings is 1. The van der Waals surface area contributed by atoms with Gasteiger partial charge in [0.15, 0.2) is 11.6 Å². The predicted octanol–water partition coefficient (Wildman–Crippen LogP) is 0.211. The number of ether oxygens (including phenoxy) is 1. The predicted molar refractivity (Wildman–Crippen MR) is 132 cm³/mol. The van der Waals surface area contributed by atoms with Crippen LogP contribution in [-0.4, -0.2) is 101 Å².